The summed E-state index contributed by atoms with van der Waals surface area (Å²) in [6, 6.07) is 4.15. The lowest BCUT2D eigenvalue weighted by molar-refractivity contribution is 0.171. The van der Waals surface area contributed by atoms with Gasteiger partial charge in [-0.2, -0.15) is 11.8 Å². The van der Waals surface area contributed by atoms with Crippen LogP contribution in [0.5, 0.6) is 0 Å². The third-order valence-electron chi connectivity index (χ3n) is 2.38. The second-order valence-electron chi connectivity index (χ2n) is 3.40. The zero-order valence-corrected chi connectivity index (χ0v) is 9.11. The van der Waals surface area contributed by atoms with Crippen LogP contribution in [-0.4, -0.2) is 22.2 Å². The van der Waals surface area contributed by atoms with Gasteiger partial charge >= 0.3 is 0 Å². The van der Waals surface area contributed by atoms with E-state index in [2.05, 4.69) is 17.5 Å². The summed E-state index contributed by atoms with van der Waals surface area (Å²) in [5.41, 5.74) is 0. The van der Waals surface area contributed by atoms with Crippen molar-refractivity contribution in [3.05, 3.63) is 22.4 Å². The van der Waals surface area contributed by atoms with Gasteiger partial charge in [-0.3, -0.25) is 0 Å². The summed E-state index contributed by atoms with van der Waals surface area (Å²) in [5, 5.41) is 12.5. The number of aliphatic hydroxyl groups is 1. The molecule has 3 heteroatoms. The molecule has 2 unspecified atom stereocenters. The predicted molar refractivity (Wildman–Crippen MR) is 59.5 cm³/mol. The Morgan fingerprint density at radius 1 is 1.62 bits per heavy atom. The van der Waals surface area contributed by atoms with Gasteiger partial charge < -0.3 is 5.11 Å². The van der Waals surface area contributed by atoms with Crippen LogP contribution in [0, 0.1) is 0 Å². The van der Waals surface area contributed by atoms with Crippen LogP contribution in [0.2, 0.25) is 0 Å². The van der Waals surface area contributed by atoms with Crippen LogP contribution in [0.25, 0.3) is 0 Å². The number of hydrogen-bond donors (Lipinski definition) is 1. The van der Waals surface area contributed by atoms with Gasteiger partial charge in [0.15, 0.2) is 0 Å². The van der Waals surface area contributed by atoms with E-state index in [1.165, 1.54) is 23.5 Å². The number of aliphatic hydroxyl groups excluding tert-OH is 1. The van der Waals surface area contributed by atoms with Crippen LogP contribution in [0.15, 0.2) is 17.5 Å². The number of hydrogen-bond acceptors (Lipinski definition) is 3. The Morgan fingerprint density at radius 2 is 2.54 bits per heavy atom. The molecule has 0 aliphatic carbocycles. The van der Waals surface area contributed by atoms with Gasteiger partial charge in [-0.15, -0.1) is 11.3 Å². The fourth-order valence-electron chi connectivity index (χ4n) is 1.67. The third kappa shape index (κ3) is 2.48. The van der Waals surface area contributed by atoms with Gasteiger partial charge in [-0.25, -0.2) is 0 Å². The fraction of sp³-hybridized carbons (Fsp3) is 0.600. The van der Waals surface area contributed by atoms with E-state index in [4.69, 9.17) is 0 Å². The molecule has 1 fully saturated rings. The monoisotopic (exact) mass is 214 g/mol. The summed E-state index contributed by atoms with van der Waals surface area (Å²) in [6.07, 6.45) is 3.18. The molecule has 1 saturated heterocycles. The quantitative estimate of drug-likeness (QED) is 0.834. The van der Waals surface area contributed by atoms with Crippen molar-refractivity contribution in [1.82, 2.24) is 0 Å². The van der Waals surface area contributed by atoms with Crippen molar-refractivity contribution in [2.75, 3.05) is 5.75 Å². The Morgan fingerprint density at radius 3 is 3.15 bits per heavy atom. The van der Waals surface area contributed by atoms with Gasteiger partial charge in [0.1, 0.15) is 0 Å². The molecule has 2 rings (SSSR count). The van der Waals surface area contributed by atoms with Crippen LogP contribution in [0.4, 0.5) is 0 Å². The summed E-state index contributed by atoms with van der Waals surface area (Å²) in [6.45, 7) is 0. The summed E-state index contributed by atoms with van der Waals surface area (Å²) < 4.78 is 0. The van der Waals surface area contributed by atoms with Crippen molar-refractivity contribution >= 4 is 23.1 Å². The molecule has 2 heterocycles. The van der Waals surface area contributed by atoms with E-state index in [0.717, 1.165) is 6.42 Å². The Kier molecular flexibility index (Phi) is 3.30. The molecule has 1 nitrogen and oxygen atoms in total. The van der Waals surface area contributed by atoms with Crippen LogP contribution >= 0.6 is 23.1 Å². The van der Waals surface area contributed by atoms with Gasteiger partial charge in [0.25, 0.3) is 0 Å². The van der Waals surface area contributed by atoms with E-state index in [1.807, 2.05) is 11.8 Å². The van der Waals surface area contributed by atoms with Crippen molar-refractivity contribution in [2.24, 2.45) is 0 Å². The van der Waals surface area contributed by atoms with Gasteiger partial charge in [0, 0.05) is 16.5 Å². The van der Waals surface area contributed by atoms with E-state index in [0.29, 0.717) is 5.25 Å². The first-order valence-electron chi connectivity index (χ1n) is 4.68. The van der Waals surface area contributed by atoms with E-state index in [9.17, 15) is 5.11 Å². The topological polar surface area (TPSA) is 20.2 Å². The van der Waals surface area contributed by atoms with Crippen LogP contribution in [0.1, 0.15) is 17.7 Å². The Hall–Kier alpha value is 0.01000. The minimum Gasteiger partial charge on any atom is -0.392 e. The smallest absolute Gasteiger partial charge is 0.0706 e. The molecule has 1 aromatic rings. The van der Waals surface area contributed by atoms with E-state index < -0.39 is 0 Å². The number of rotatable bonds is 3. The highest BCUT2D eigenvalue weighted by Gasteiger charge is 2.23. The standard InChI is InChI=1S/C10H14OS2/c11-9(10-4-2-6-13-10)7-8-3-1-5-12-8/h1,3,5,9-11H,2,4,6-7H2. The van der Waals surface area contributed by atoms with E-state index in [1.54, 1.807) is 11.3 Å². The van der Waals surface area contributed by atoms with E-state index >= 15 is 0 Å². The average Bonchev–Trinajstić information content (AvgIpc) is 2.74. The molecule has 2 atom stereocenters. The largest absolute Gasteiger partial charge is 0.392 e. The predicted octanol–water partition coefficient (Wildman–Crippen LogP) is 2.55. The maximum atomic E-state index is 9.91. The molecule has 72 valence electrons. The molecule has 1 N–H and O–H groups in total. The lowest BCUT2D eigenvalue weighted by Crippen LogP contribution is -2.22. The lowest BCUT2D eigenvalue weighted by atomic mass is 10.1. The molecular formula is C10H14OS2. The molecule has 1 aliphatic rings. The molecular weight excluding hydrogens is 200 g/mol. The van der Waals surface area contributed by atoms with Gasteiger partial charge in [-0.1, -0.05) is 6.07 Å². The molecule has 1 aromatic heterocycles. The zero-order valence-electron chi connectivity index (χ0n) is 7.48. The van der Waals surface area contributed by atoms with E-state index in [-0.39, 0.29) is 6.10 Å². The first-order valence-corrected chi connectivity index (χ1v) is 6.61. The molecule has 0 bridgehead atoms. The van der Waals surface area contributed by atoms with Gasteiger partial charge in [0.2, 0.25) is 0 Å². The SMILES string of the molecule is OC(Cc1cccs1)C1CCCS1. The minimum atomic E-state index is -0.133. The normalized spacial score (nSPS) is 24.8. The minimum absolute atomic E-state index is 0.133. The van der Waals surface area contributed by atoms with Crippen molar-refractivity contribution < 1.29 is 5.11 Å². The molecule has 0 saturated carbocycles. The van der Waals surface area contributed by atoms with Crippen molar-refractivity contribution in [1.29, 1.82) is 0 Å². The van der Waals surface area contributed by atoms with Crippen molar-refractivity contribution in [3.63, 3.8) is 0 Å². The van der Waals surface area contributed by atoms with Crippen LogP contribution in [0.3, 0.4) is 0 Å². The first kappa shape index (κ1) is 9.56. The summed E-state index contributed by atoms with van der Waals surface area (Å²) >= 11 is 3.67. The average molecular weight is 214 g/mol. The molecule has 0 amide bonds. The second kappa shape index (κ2) is 4.49. The van der Waals surface area contributed by atoms with Crippen molar-refractivity contribution in [2.45, 2.75) is 30.6 Å². The summed E-state index contributed by atoms with van der Waals surface area (Å²) in [4.78, 5) is 1.31. The Balaban J connectivity index is 1.87. The number of thioether (sulfide) groups is 1. The Bertz CT molecular complexity index is 239. The maximum Gasteiger partial charge on any atom is 0.0706 e. The molecule has 13 heavy (non-hydrogen) atoms. The highest BCUT2D eigenvalue weighted by Crippen LogP contribution is 2.30. The fourth-order valence-corrected chi connectivity index (χ4v) is 3.72. The molecule has 0 aromatic carbocycles. The first-order chi connectivity index (χ1) is 6.36. The molecule has 1 aliphatic heterocycles. The van der Waals surface area contributed by atoms with Crippen molar-refractivity contribution in [3.8, 4) is 0 Å². The van der Waals surface area contributed by atoms with Gasteiger partial charge in [-0.05, 0) is 30.0 Å². The lowest BCUT2D eigenvalue weighted by Gasteiger charge is -2.15. The second-order valence-corrected chi connectivity index (χ2v) is 5.78. The number of thiophene rings is 1. The third-order valence-corrected chi connectivity index (χ3v) is 4.79. The Labute approximate surface area is 87.2 Å². The summed E-state index contributed by atoms with van der Waals surface area (Å²) in [7, 11) is 0. The zero-order chi connectivity index (χ0) is 9.10. The molecule has 0 radical (unpaired) electrons. The summed E-state index contributed by atoms with van der Waals surface area (Å²) in [5.74, 6) is 1.23. The highest BCUT2D eigenvalue weighted by atomic mass is 32.2. The van der Waals surface area contributed by atoms with Crippen LogP contribution in [-0.2, 0) is 6.42 Å². The molecule has 0 spiro atoms. The maximum absolute atomic E-state index is 9.91. The highest BCUT2D eigenvalue weighted by molar-refractivity contribution is 8.00. The van der Waals surface area contributed by atoms with Crippen LogP contribution < -0.4 is 0 Å². The van der Waals surface area contributed by atoms with Gasteiger partial charge in [0.05, 0.1) is 6.10 Å².